The lowest BCUT2D eigenvalue weighted by atomic mass is 9.98. The van der Waals surface area contributed by atoms with Crippen LogP contribution in [0.25, 0.3) is 0 Å². The fourth-order valence-corrected chi connectivity index (χ4v) is 2.71. The second kappa shape index (κ2) is 4.59. The lowest BCUT2D eigenvalue weighted by Gasteiger charge is -2.28. The van der Waals surface area contributed by atoms with Crippen molar-refractivity contribution in [3.05, 3.63) is 40.3 Å². The molecule has 1 aromatic carbocycles. The summed E-state index contributed by atoms with van der Waals surface area (Å²) < 4.78 is 11.1. The van der Waals surface area contributed by atoms with Crippen molar-refractivity contribution in [2.24, 2.45) is 0 Å². The molecule has 1 aromatic heterocycles. The zero-order valence-corrected chi connectivity index (χ0v) is 10.7. The van der Waals surface area contributed by atoms with Gasteiger partial charge in [0.2, 0.25) is 0 Å². The molecule has 0 saturated carbocycles. The summed E-state index contributed by atoms with van der Waals surface area (Å²) in [5, 5.41) is 12.1. The molecule has 0 bridgehead atoms. The van der Waals surface area contributed by atoms with Gasteiger partial charge in [-0.2, -0.15) is 0 Å². The number of aliphatic hydroxyl groups is 1. The first-order valence-electron chi connectivity index (χ1n) is 5.68. The molecular weight excluding hydrogens is 250 g/mol. The molecule has 18 heavy (non-hydrogen) atoms. The number of aliphatic hydroxyl groups excluding tert-OH is 1. The molecule has 1 aliphatic rings. The van der Waals surface area contributed by atoms with Crippen molar-refractivity contribution in [3.8, 4) is 11.5 Å². The van der Waals surface area contributed by atoms with Gasteiger partial charge in [0.05, 0.1) is 24.4 Å². The van der Waals surface area contributed by atoms with E-state index in [4.69, 9.17) is 9.47 Å². The Balaban J connectivity index is 1.95. The van der Waals surface area contributed by atoms with Crippen molar-refractivity contribution in [3.63, 3.8) is 0 Å². The molecule has 94 valence electrons. The molecular formula is C13H13NO3S. The summed E-state index contributed by atoms with van der Waals surface area (Å²) in [6.07, 6.45) is -0.180. The zero-order valence-electron chi connectivity index (χ0n) is 9.87. The lowest BCUT2D eigenvalue weighted by Crippen LogP contribution is -2.19. The van der Waals surface area contributed by atoms with E-state index >= 15 is 0 Å². The molecule has 0 spiro atoms. The number of aromatic nitrogens is 1. The summed E-state index contributed by atoms with van der Waals surface area (Å²) in [7, 11) is 1.61. The molecule has 0 amide bonds. The predicted molar refractivity (Wildman–Crippen MR) is 68.1 cm³/mol. The van der Waals surface area contributed by atoms with E-state index in [1.165, 1.54) is 11.3 Å². The van der Waals surface area contributed by atoms with Crippen LogP contribution in [-0.2, 0) is 0 Å². The molecule has 0 radical (unpaired) electrons. The quantitative estimate of drug-likeness (QED) is 0.905. The van der Waals surface area contributed by atoms with Crippen LogP contribution in [0.1, 0.15) is 29.9 Å². The van der Waals surface area contributed by atoms with Crippen LogP contribution in [0, 0.1) is 0 Å². The highest BCUT2D eigenvalue weighted by atomic mass is 32.1. The van der Waals surface area contributed by atoms with Crippen LogP contribution in [0.2, 0.25) is 0 Å². The maximum absolute atomic E-state index is 10.1. The van der Waals surface area contributed by atoms with Crippen molar-refractivity contribution >= 4 is 11.3 Å². The minimum atomic E-state index is -0.522. The van der Waals surface area contributed by atoms with Gasteiger partial charge >= 0.3 is 0 Å². The summed E-state index contributed by atoms with van der Waals surface area (Å²) >= 11 is 1.53. The van der Waals surface area contributed by atoms with E-state index in [0.717, 1.165) is 17.0 Å². The van der Waals surface area contributed by atoms with Crippen LogP contribution in [0.15, 0.2) is 29.1 Å². The van der Waals surface area contributed by atoms with E-state index in [9.17, 15) is 5.11 Å². The van der Waals surface area contributed by atoms with Gasteiger partial charge in [0.25, 0.3) is 0 Å². The van der Waals surface area contributed by atoms with Gasteiger partial charge in [-0.05, 0) is 12.1 Å². The predicted octanol–water partition coefficient (Wildman–Crippen LogP) is 2.71. The van der Waals surface area contributed by atoms with Gasteiger partial charge < -0.3 is 14.6 Å². The normalized spacial score (nSPS) is 22.1. The van der Waals surface area contributed by atoms with Crippen molar-refractivity contribution in [1.29, 1.82) is 0 Å². The van der Waals surface area contributed by atoms with Gasteiger partial charge in [-0.15, -0.1) is 11.3 Å². The summed E-state index contributed by atoms with van der Waals surface area (Å²) in [4.78, 5) is 4.24. The third-order valence-corrected chi connectivity index (χ3v) is 3.67. The van der Waals surface area contributed by atoms with Crippen LogP contribution in [0.5, 0.6) is 11.5 Å². The summed E-state index contributed by atoms with van der Waals surface area (Å²) in [6.45, 7) is 0. The zero-order chi connectivity index (χ0) is 12.5. The smallest absolute Gasteiger partial charge is 0.144 e. The summed E-state index contributed by atoms with van der Waals surface area (Å²) in [6, 6.07) is 5.47. The standard InChI is InChI=1S/C13H13NO3S/c1-16-8-2-3-9-11(15)5-13(17-12(9)4-8)10-6-18-7-14-10/h2-4,6-7,11,13,15H,5H2,1H3. The van der Waals surface area contributed by atoms with Crippen LogP contribution in [0.3, 0.4) is 0 Å². The van der Waals surface area contributed by atoms with Crippen LogP contribution in [0.4, 0.5) is 0 Å². The highest BCUT2D eigenvalue weighted by molar-refractivity contribution is 7.07. The Labute approximate surface area is 109 Å². The van der Waals surface area contributed by atoms with Crippen LogP contribution < -0.4 is 9.47 Å². The summed E-state index contributed by atoms with van der Waals surface area (Å²) in [5.41, 5.74) is 3.45. The Kier molecular flexibility index (Phi) is 2.93. The SMILES string of the molecule is COc1ccc2c(c1)OC(c1cscn1)CC2O. The lowest BCUT2D eigenvalue weighted by molar-refractivity contribution is 0.0637. The first-order valence-corrected chi connectivity index (χ1v) is 6.63. The van der Waals surface area contributed by atoms with E-state index in [1.807, 2.05) is 17.5 Å². The molecule has 0 saturated heterocycles. The molecule has 2 heterocycles. The van der Waals surface area contributed by atoms with Crippen molar-refractivity contribution in [2.45, 2.75) is 18.6 Å². The highest BCUT2D eigenvalue weighted by Gasteiger charge is 2.29. The molecule has 0 aliphatic carbocycles. The van der Waals surface area contributed by atoms with Crippen LogP contribution in [-0.4, -0.2) is 17.2 Å². The molecule has 4 nitrogen and oxygen atoms in total. The minimum Gasteiger partial charge on any atom is -0.497 e. The highest BCUT2D eigenvalue weighted by Crippen LogP contribution is 2.41. The number of ether oxygens (including phenoxy) is 2. The first-order chi connectivity index (χ1) is 8.78. The van der Waals surface area contributed by atoms with E-state index in [1.54, 1.807) is 18.7 Å². The van der Waals surface area contributed by atoms with Crippen molar-refractivity contribution in [1.82, 2.24) is 4.98 Å². The van der Waals surface area contributed by atoms with Gasteiger partial charge in [-0.25, -0.2) is 4.98 Å². The Bertz CT molecular complexity index is 541. The topological polar surface area (TPSA) is 51.6 Å². The van der Waals surface area contributed by atoms with E-state index in [2.05, 4.69) is 4.98 Å². The third kappa shape index (κ3) is 1.95. The second-order valence-corrected chi connectivity index (χ2v) is 4.89. The molecule has 2 unspecified atom stereocenters. The Morgan fingerprint density at radius 2 is 2.39 bits per heavy atom. The average molecular weight is 263 g/mol. The molecule has 5 heteroatoms. The van der Waals surface area contributed by atoms with Gasteiger partial charge in [-0.1, -0.05) is 0 Å². The van der Waals surface area contributed by atoms with E-state index < -0.39 is 6.10 Å². The van der Waals surface area contributed by atoms with E-state index in [-0.39, 0.29) is 6.10 Å². The third-order valence-electron chi connectivity index (χ3n) is 3.07. The minimum absolute atomic E-state index is 0.189. The molecule has 2 aromatic rings. The second-order valence-electron chi connectivity index (χ2n) is 4.18. The molecule has 0 fully saturated rings. The number of fused-ring (bicyclic) bond motifs is 1. The van der Waals surface area contributed by atoms with Gasteiger partial charge in [0.1, 0.15) is 17.6 Å². The fourth-order valence-electron chi connectivity index (χ4n) is 2.11. The van der Waals surface area contributed by atoms with Crippen molar-refractivity contribution in [2.75, 3.05) is 7.11 Å². The Hall–Kier alpha value is -1.59. The Morgan fingerprint density at radius 1 is 1.50 bits per heavy atom. The van der Waals surface area contributed by atoms with Crippen molar-refractivity contribution < 1.29 is 14.6 Å². The number of hydrogen-bond acceptors (Lipinski definition) is 5. The largest absolute Gasteiger partial charge is 0.497 e. The van der Waals surface area contributed by atoms with Gasteiger partial charge in [0, 0.05) is 23.4 Å². The Morgan fingerprint density at radius 3 is 3.11 bits per heavy atom. The molecule has 2 atom stereocenters. The van der Waals surface area contributed by atoms with Gasteiger partial charge in [0.15, 0.2) is 0 Å². The average Bonchev–Trinajstić information content (AvgIpc) is 2.91. The monoisotopic (exact) mass is 263 g/mol. The number of rotatable bonds is 2. The maximum Gasteiger partial charge on any atom is 0.144 e. The molecule has 1 aliphatic heterocycles. The number of benzene rings is 1. The maximum atomic E-state index is 10.1. The molecule has 3 rings (SSSR count). The van der Waals surface area contributed by atoms with Crippen LogP contribution >= 0.6 is 11.3 Å². The summed E-state index contributed by atoms with van der Waals surface area (Å²) in [5.74, 6) is 1.39. The number of hydrogen-bond donors (Lipinski definition) is 1. The number of nitrogens with zero attached hydrogens (tertiary/aromatic N) is 1. The number of methoxy groups -OCH3 is 1. The van der Waals surface area contributed by atoms with E-state index in [0.29, 0.717) is 12.2 Å². The number of thiazole rings is 1. The molecule has 1 N–H and O–H groups in total. The van der Waals surface area contributed by atoms with Gasteiger partial charge in [-0.3, -0.25) is 0 Å². The first kappa shape index (κ1) is 11.5. The fraction of sp³-hybridized carbons (Fsp3) is 0.308.